The summed E-state index contributed by atoms with van der Waals surface area (Å²) in [4.78, 5) is 12.1. The molecule has 0 aliphatic heterocycles. The van der Waals surface area contributed by atoms with Gasteiger partial charge in [-0.25, -0.2) is 0 Å². The maximum absolute atomic E-state index is 12.1. The Morgan fingerprint density at radius 2 is 1.70 bits per heavy atom. The fourth-order valence-corrected chi connectivity index (χ4v) is 2.22. The Hall–Kier alpha value is -1.71. The number of ether oxygens (including phenoxy) is 1. The number of rotatable bonds is 4. The Bertz CT molecular complexity index is 592. The van der Waals surface area contributed by atoms with Crippen molar-refractivity contribution in [2.24, 2.45) is 0 Å². The summed E-state index contributed by atoms with van der Waals surface area (Å²) in [5.41, 5.74) is 1.09. The van der Waals surface area contributed by atoms with Gasteiger partial charge in [0.2, 0.25) is 0 Å². The van der Waals surface area contributed by atoms with E-state index in [1.807, 2.05) is 6.92 Å². The molecule has 2 aromatic carbocycles. The third-order valence-electron chi connectivity index (χ3n) is 2.55. The molecule has 0 spiro atoms. The molecule has 0 aliphatic rings. The zero-order chi connectivity index (χ0) is 14.5. The average molecular weight is 310 g/mol. The number of benzene rings is 2. The highest BCUT2D eigenvalue weighted by Crippen LogP contribution is 2.21. The minimum absolute atomic E-state index is 0.265. The SMILES string of the molecule is CCOc1ccc(NC(=O)c2cc(Cl)cc(Cl)c2)cc1. The van der Waals surface area contributed by atoms with Gasteiger partial charge in [0.15, 0.2) is 0 Å². The van der Waals surface area contributed by atoms with E-state index < -0.39 is 0 Å². The van der Waals surface area contributed by atoms with Crippen LogP contribution in [0.2, 0.25) is 10.0 Å². The van der Waals surface area contributed by atoms with E-state index in [1.165, 1.54) is 0 Å². The molecule has 0 aliphatic carbocycles. The molecule has 0 unspecified atom stereocenters. The number of nitrogens with one attached hydrogen (secondary N) is 1. The van der Waals surface area contributed by atoms with Crippen LogP contribution < -0.4 is 10.1 Å². The predicted octanol–water partition coefficient (Wildman–Crippen LogP) is 4.64. The zero-order valence-electron chi connectivity index (χ0n) is 10.8. The summed E-state index contributed by atoms with van der Waals surface area (Å²) < 4.78 is 5.33. The first kappa shape index (κ1) is 14.7. The van der Waals surface area contributed by atoms with E-state index in [4.69, 9.17) is 27.9 Å². The second kappa shape index (κ2) is 6.64. The number of amides is 1. The van der Waals surface area contributed by atoms with E-state index in [9.17, 15) is 4.79 Å². The van der Waals surface area contributed by atoms with Crippen molar-refractivity contribution in [1.29, 1.82) is 0 Å². The van der Waals surface area contributed by atoms with Crippen LogP contribution in [0.4, 0.5) is 5.69 Å². The second-order valence-corrected chi connectivity index (χ2v) is 4.94. The standard InChI is InChI=1S/C15H13Cl2NO2/c1-2-20-14-5-3-13(4-6-14)18-15(19)10-7-11(16)9-12(17)8-10/h3-9H,2H2,1H3,(H,18,19). The molecule has 2 aromatic rings. The minimum Gasteiger partial charge on any atom is -0.494 e. The molecule has 3 nitrogen and oxygen atoms in total. The smallest absolute Gasteiger partial charge is 0.255 e. The molecule has 0 heterocycles. The lowest BCUT2D eigenvalue weighted by Gasteiger charge is -2.07. The van der Waals surface area contributed by atoms with Crippen molar-refractivity contribution in [3.63, 3.8) is 0 Å². The van der Waals surface area contributed by atoms with Gasteiger partial charge in [-0.05, 0) is 49.4 Å². The lowest BCUT2D eigenvalue weighted by molar-refractivity contribution is 0.102. The Kier molecular flexibility index (Phi) is 4.88. The van der Waals surface area contributed by atoms with Gasteiger partial charge in [0.05, 0.1) is 6.61 Å². The normalized spacial score (nSPS) is 10.2. The first-order valence-corrected chi connectivity index (χ1v) is 6.84. The molecule has 0 saturated heterocycles. The summed E-state index contributed by atoms with van der Waals surface area (Å²) in [6.45, 7) is 2.52. The largest absolute Gasteiger partial charge is 0.494 e. The maximum atomic E-state index is 12.1. The number of hydrogen-bond donors (Lipinski definition) is 1. The highest BCUT2D eigenvalue weighted by atomic mass is 35.5. The summed E-state index contributed by atoms with van der Waals surface area (Å²) in [5, 5.41) is 3.62. The molecule has 0 bridgehead atoms. The van der Waals surface area contributed by atoms with Crippen LogP contribution >= 0.6 is 23.2 Å². The number of carbonyl (C=O) groups is 1. The van der Waals surface area contributed by atoms with Crippen LogP contribution in [0.5, 0.6) is 5.75 Å². The molecule has 0 radical (unpaired) electrons. The fourth-order valence-electron chi connectivity index (χ4n) is 1.69. The molecule has 104 valence electrons. The van der Waals surface area contributed by atoms with Crippen LogP contribution in [-0.2, 0) is 0 Å². The molecule has 1 N–H and O–H groups in total. The molecule has 0 aromatic heterocycles. The van der Waals surface area contributed by atoms with Crippen molar-refractivity contribution in [1.82, 2.24) is 0 Å². The van der Waals surface area contributed by atoms with Crippen molar-refractivity contribution in [3.05, 3.63) is 58.1 Å². The molecule has 0 saturated carbocycles. The lowest BCUT2D eigenvalue weighted by Crippen LogP contribution is -2.11. The van der Waals surface area contributed by atoms with Gasteiger partial charge in [0.1, 0.15) is 5.75 Å². The monoisotopic (exact) mass is 309 g/mol. The predicted molar refractivity (Wildman–Crippen MR) is 82.0 cm³/mol. The molecular weight excluding hydrogens is 297 g/mol. The second-order valence-electron chi connectivity index (χ2n) is 4.07. The van der Waals surface area contributed by atoms with Crippen LogP contribution in [-0.4, -0.2) is 12.5 Å². The van der Waals surface area contributed by atoms with E-state index in [0.29, 0.717) is 27.9 Å². The van der Waals surface area contributed by atoms with Gasteiger partial charge in [0.25, 0.3) is 5.91 Å². The van der Waals surface area contributed by atoms with Crippen LogP contribution in [0.3, 0.4) is 0 Å². The molecule has 0 atom stereocenters. The molecular formula is C15H13Cl2NO2. The molecule has 1 amide bonds. The van der Waals surface area contributed by atoms with E-state index in [2.05, 4.69) is 5.32 Å². The topological polar surface area (TPSA) is 38.3 Å². The first-order chi connectivity index (χ1) is 9.58. The molecule has 20 heavy (non-hydrogen) atoms. The van der Waals surface area contributed by atoms with Gasteiger partial charge in [-0.15, -0.1) is 0 Å². The number of anilines is 1. The van der Waals surface area contributed by atoms with Gasteiger partial charge in [-0.2, -0.15) is 0 Å². The van der Waals surface area contributed by atoms with Crippen LogP contribution in [0.1, 0.15) is 17.3 Å². The first-order valence-electron chi connectivity index (χ1n) is 6.09. The maximum Gasteiger partial charge on any atom is 0.255 e. The van der Waals surface area contributed by atoms with E-state index in [1.54, 1.807) is 42.5 Å². The van der Waals surface area contributed by atoms with Gasteiger partial charge >= 0.3 is 0 Å². The van der Waals surface area contributed by atoms with Crippen molar-refractivity contribution in [3.8, 4) is 5.75 Å². The van der Waals surface area contributed by atoms with Crippen LogP contribution in [0.25, 0.3) is 0 Å². The minimum atomic E-state index is -0.265. The highest BCUT2D eigenvalue weighted by molar-refractivity contribution is 6.35. The van der Waals surface area contributed by atoms with E-state index in [-0.39, 0.29) is 5.91 Å². The van der Waals surface area contributed by atoms with Gasteiger partial charge in [-0.1, -0.05) is 23.2 Å². The van der Waals surface area contributed by atoms with Crippen molar-refractivity contribution in [2.75, 3.05) is 11.9 Å². The molecule has 0 fully saturated rings. The van der Waals surface area contributed by atoms with E-state index in [0.717, 1.165) is 5.75 Å². The Balaban J connectivity index is 2.10. The Morgan fingerprint density at radius 1 is 1.10 bits per heavy atom. The average Bonchev–Trinajstić information content (AvgIpc) is 2.40. The molecule has 2 rings (SSSR count). The fraction of sp³-hybridized carbons (Fsp3) is 0.133. The van der Waals surface area contributed by atoms with Gasteiger partial charge in [-0.3, -0.25) is 4.79 Å². The van der Waals surface area contributed by atoms with Gasteiger partial charge in [0, 0.05) is 21.3 Å². The number of halogens is 2. The summed E-state index contributed by atoms with van der Waals surface area (Å²) in [6, 6.07) is 11.9. The Morgan fingerprint density at radius 3 is 2.25 bits per heavy atom. The summed E-state index contributed by atoms with van der Waals surface area (Å²) >= 11 is 11.7. The Labute approximate surface area is 127 Å². The lowest BCUT2D eigenvalue weighted by atomic mass is 10.2. The zero-order valence-corrected chi connectivity index (χ0v) is 12.3. The molecule has 5 heteroatoms. The van der Waals surface area contributed by atoms with Crippen molar-refractivity contribution in [2.45, 2.75) is 6.92 Å². The third-order valence-corrected chi connectivity index (χ3v) is 2.98. The highest BCUT2D eigenvalue weighted by Gasteiger charge is 2.08. The van der Waals surface area contributed by atoms with Crippen molar-refractivity contribution >= 4 is 34.8 Å². The third kappa shape index (κ3) is 3.89. The van der Waals surface area contributed by atoms with Gasteiger partial charge < -0.3 is 10.1 Å². The van der Waals surface area contributed by atoms with E-state index >= 15 is 0 Å². The summed E-state index contributed by atoms with van der Waals surface area (Å²) in [6.07, 6.45) is 0. The van der Waals surface area contributed by atoms with Crippen LogP contribution in [0.15, 0.2) is 42.5 Å². The summed E-state index contributed by atoms with van der Waals surface area (Å²) in [5.74, 6) is 0.495. The quantitative estimate of drug-likeness (QED) is 0.893. The number of hydrogen-bond acceptors (Lipinski definition) is 2. The summed E-state index contributed by atoms with van der Waals surface area (Å²) in [7, 11) is 0. The number of carbonyl (C=O) groups excluding carboxylic acids is 1. The van der Waals surface area contributed by atoms with Crippen molar-refractivity contribution < 1.29 is 9.53 Å². The van der Waals surface area contributed by atoms with Crippen LogP contribution in [0, 0.1) is 0 Å².